The van der Waals surface area contributed by atoms with Gasteiger partial charge in [0.15, 0.2) is 0 Å². The molecule has 1 unspecified atom stereocenters. The second-order valence-corrected chi connectivity index (χ2v) is 6.94. The van der Waals surface area contributed by atoms with Crippen LogP contribution in [0.4, 0.5) is 0 Å². The van der Waals surface area contributed by atoms with Gasteiger partial charge in [0.25, 0.3) is 5.91 Å². The van der Waals surface area contributed by atoms with Gasteiger partial charge in [0.05, 0.1) is 27.8 Å². The fourth-order valence-electron chi connectivity index (χ4n) is 2.50. The number of carbonyl (C=O) groups excluding carboxylic acids is 1. The Morgan fingerprint density at radius 2 is 1.76 bits per heavy atom. The van der Waals surface area contributed by atoms with Crippen molar-refractivity contribution in [2.75, 3.05) is 0 Å². The van der Waals surface area contributed by atoms with Gasteiger partial charge in [0, 0.05) is 18.5 Å². The topological polar surface area (TPSA) is 101 Å². The van der Waals surface area contributed by atoms with Crippen LogP contribution in [0.5, 0.6) is 11.6 Å². The van der Waals surface area contributed by atoms with Crippen LogP contribution in [0.15, 0.2) is 55.0 Å². The number of nitrogens with zero attached hydrogens (tertiary/aromatic N) is 2. The summed E-state index contributed by atoms with van der Waals surface area (Å²) in [4.78, 5) is 31.8. The van der Waals surface area contributed by atoms with E-state index in [0.29, 0.717) is 10.8 Å². The van der Waals surface area contributed by atoms with Crippen molar-refractivity contribution in [2.24, 2.45) is 0 Å². The number of pyridine rings is 2. The van der Waals surface area contributed by atoms with Crippen molar-refractivity contribution >= 4 is 35.1 Å². The Morgan fingerprint density at radius 1 is 1.07 bits per heavy atom. The minimum absolute atomic E-state index is 0.0457. The molecule has 0 fully saturated rings. The van der Waals surface area contributed by atoms with Gasteiger partial charge in [-0.1, -0.05) is 35.3 Å². The minimum atomic E-state index is -1.02. The fraction of sp³-hybridized carbons (Fsp3) is 0.100. The molecule has 1 atom stereocenters. The second-order valence-electron chi connectivity index (χ2n) is 6.07. The van der Waals surface area contributed by atoms with Gasteiger partial charge in [-0.15, -0.1) is 0 Å². The molecule has 2 N–H and O–H groups in total. The van der Waals surface area contributed by atoms with Crippen molar-refractivity contribution in [1.29, 1.82) is 0 Å². The Kier molecular flexibility index (Phi) is 6.31. The molecule has 0 aliphatic rings. The van der Waals surface area contributed by atoms with Crippen LogP contribution in [-0.2, 0) is 0 Å². The van der Waals surface area contributed by atoms with Crippen LogP contribution < -0.4 is 10.1 Å². The zero-order chi connectivity index (χ0) is 21.0. The number of benzene rings is 1. The smallest absolute Gasteiger partial charge is 0.335 e. The molecule has 29 heavy (non-hydrogen) atoms. The number of rotatable bonds is 6. The van der Waals surface area contributed by atoms with Crippen LogP contribution in [0.3, 0.4) is 0 Å². The number of carboxylic acids is 1. The van der Waals surface area contributed by atoms with Gasteiger partial charge in [-0.2, -0.15) is 0 Å². The number of halogens is 2. The number of hydrogen-bond donors (Lipinski definition) is 2. The van der Waals surface area contributed by atoms with Crippen molar-refractivity contribution in [1.82, 2.24) is 15.3 Å². The maximum Gasteiger partial charge on any atom is 0.335 e. The van der Waals surface area contributed by atoms with Crippen LogP contribution in [0, 0.1) is 0 Å². The summed E-state index contributed by atoms with van der Waals surface area (Å²) in [6.07, 6.45) is 4.25. The first kappa shape index (κ1) is 20.6. The van der Waals surface area contributed by atoms with Crippen molar-refractivity contribution in [3.8, 4) is 11.6 Å². The summed E-state index contributed by atoms with van der Waals surface area (Å²) in [5, 5.41) is 12.5. The van der Waals surface area contributed by atoms with Crippen molar-refractivity contribution in [3.05, 3.63) is 81.7 Å². The number of aromatic carboxylic acids is 1. The summed E-state index contributed by atoms with van der Waals surface area (Å²) in [6, 6.07) is 8.81. The fourth-order valence-corrected chi connectivity index (χ4v) is 2.82. The highest BCUT2D eigenvalue weighted by atomic mass is 35.5. The van der Waals surface area contributed by atoms with Crippen molar-refractivity contribution in [3.63, 3.8) is 0 Å². The normalized spacial score (nSPS) is 11.6. The minimum Gasteiger partial charge on any atom is -0.478 e. The van der Waals surface area contributed by atoms with Gasteiger partial charge < -0.3 is 15.2 Å². The lowest BCUT2D eigenvalue weighted by Gasteiger charge is -2.16. The van der Waals surface area contributed by atoms with Crippen LogP contribution >= 0.6 is 23.2 Å². The molecule has 0 saturated carbocycles. The Morgan fingerprint density at radius 3 is 2.41 bits per heavy atom. The van der Waals surface area contributed by atoms with Gasteiger partial charge in [-0.05, 0) is 30.7 Å². The Bertz CT molecular complexity index is 1060. The summed E-state index contributed by atoms with van der Waals surface area (Å²) in [6.45, 7) is 1.77. The van der Waals surface area contributed by atoms with E-state index in [1.54, 1.807) is 25.1 Å². The summed E-state index contributed by atoms with van der Waals surface area (Å²) < 4.78 is 5.65. The first-order chi connectivity index (χ1) is 13.8. The zero-order valence-corrected chi connectivity index (χ0v) is 16.6. The Balaban J connectivity index is 1.80. The van der Waals surface area contributed by atoms with Gasteiger partial charge >= 0.3 is 5.97 Å². The Labute approximate surface area is 176 Å². The van der Waals surface area contributed by atoms with Crippen LogP contribution in [-0.4, -0.2) is 27.0 Å². The second kappa shape index (κ2) is 8.89. The van der Waals surface area contributed by atoms with E-state index in [9.17, 15) is 9.59 Å². The summed E-state index contributed by atoms with van der Waals surface area (Å²) in [5.41, 5.74) is 1.03. The molecular weight excluding hydrogens is 417 g/mol. The number of ether oxygens (including phenoxy) is 1. The molecule has 0 aliphatic carbocycles. The largest absolute Gasteiger partial charge is 0.478 e. The molecule has 1 aromatic carbocycles. The maximum absolute atomic E-state index is 12.8. The highest BCUT2D eigenvalue weighted by molar-refractivity contribution is 6.31. The van der Waals surface area contributed by atoms with E-state index in [0.717, 1.165) is 5.56 Å². The molecule has 0 saturated heterocycles. The highest BCUT2D eigenvalue weighted by Gasteiger charge is 2.19. The summed E-state index contributed by atoms with van der Waals surface area (Å²) in [5.74, 6) is -1.11. The van der Waals surface area contributed by atoms with Crippen LogP contribution in [0.2, 0.25) is 10.0 Å². The molecule has 2 heterocycles. The highest BCUT2D eigenvalue weighted by Crippen LogP contribution is 2.27. The van der Waals surface area contributed by atoms with Gasteiger partial charge in [0.1, 0.15) is 11.3 Å². The maximum atomic E-state index is 12.8. The molecule has 0 radical (unpaired) electrons. The monoisotopic (exact) mass is 431 g/mol. The Hall–Kier alpha value is -3.16. The van der Waals surface area contributed by atoms with E-state index in [1.807, 2.05) is 0 Å². The molecule has 2 aromatic heterocycles. The van der Waals surface area contributed by atoms with E-state index < -0.39 is 17.9 Å². The average molecular weight is 432 g/mol. The third kappa shape index (κ3) is 5.22. The van der Waals surface area contributed by atoms with Crippen molar-refractivity contribution < 1.29 is 19.4 Å². The third-order valence-corrected chi connectivity index (χ3v) is 4.38. The van der Waals surface area contributed by atoms with Gasteiger partial charge in [-0.25, -0.2) is 9.78 Å². The molecule has 1 amide bonds. The van der Waals surface area contributed by atoms with E-state index in [1.165, 1.54) is 36.8 Å². The third-order valence-electron chi connectivity index (χ3n) is 3.96. The number of amides is 1. The van der Waals surface area contributed by atoms with E-state index in [4.69, 9.17) is 33.0 Å². The summed E-state index contributed by atoms with van der Waals surface area (Å²) >= 11 is 11.9. The van der Waals surface area contributed by atoms with E-state index in [-0.39, 0.29) is 22.0 Å². The zero-order valence-electron chi connectivity index (χ0n) is 15.1. The molecule has 3 rings (SSSR count). The molecule has 3 aromatic rings. The van der Waals surface area contributed by atoms with E-state index >= 15 is 0 Å². The summed E-state index contributed by atoms with van der Waals surface area (Å²) in [7, 11) is 0. The van der Waals surface area contributed by atoms with Crippen LogP contribution in [0.1, 0.15) is 39.2 Å². The lowest BCUT2D eigenvalue weighted by Crippen LogP contribution is -2.27. The van der Waals surface area contributed by atoms with Gasteiger partial charge in [-0.3, -0.25) is 9.78 Å². The number of hydrogen-bond acceptors (Lipinski definition) is 5. The molecule has 0 spiro atoms. The molecule has 148 valence electrons. The first-order valence-electron chi connectivity index (χ1n) is 8.41. The molecule has 0 bridgehead atoms. The molecule has 0 aliphatic heterocycles. The predicted molar refractivity (Wildman–Crippen MR) is 108 cm³/mol. The number of carboxylic acid groups (broad SMARTS) is 1. The molecule has 9 heteroatoms. The quantitative estimate of drug-likeness (QED) is 0.582. The van der Waals surface area contributed by atoms with Gasteiger partial charge in [0.2, 0.25) is 5.88 Å². The SMILES string of the molecule is CC(NC(=O)c1cc(Cl)cnc1Oc1cncc(Cl)c1)c1ccc(C(=O)O)cc1. The lowest BCUT2D eigenvalue weighted by molar-refractivity contribution is 0.0696. The number of aromatic nitrogens is 2. The van der Waals surface area contributed by atoms with E-state index in [2.05, 4.69) is 15.3 Å². The number of carbonyl (C=O) groups is 2. The lowest BCUT2D eigenvalue weighted by atomic mass is 10.1. The van der Waals surface area contributed by atoms with Crippen LogP contribution in [0.25, 0.3) is 0 Å². The first-order valence-corrected chi connectivity index (χ1v) is 9.17. The standard InChI is InChI=1S/C20H15Cl2N3O4/c1-11(12-2-4-13(5-3-12)20(27)28)25-18(26)17-7-15(22)9-24-19(17)29-16-6-14(21)8-23-10-16/h2-11H,1H3,(H,25,26)(H,27,28). The average Bonchev–Trinajstić information content (AvgIpc) is 2.69. The predicted octanol–water partition coefficient (Wildman–Crippen LogP) is 4.76. The molecular formula is C20H15Cl2N3O4. The van der Waals surface area contributed by atoms with Crippen molar-refractivity contribution in [2.45, 2.75) is 13.0 Å². The molecule has 7 nitrogen and oxygen atoms in total. The number of nitrogens with one attached hydrogen (secondary N) is 1.